The molecule has 2 aromatic heterocycles. The first-order chi connectivity index (χ1) is 11.7. The Morgan fingerprint density at radius 2 is 1.88 bits per heavy atom. The number of benzene rings is 1. The third-order valence-corrected chi connectivity index (χ3v) is 4.19. The normalized spacial score (nSPS) is 13.4. The molecule has 132 valence electrons. The molecule has 0 fully saturated rings. The molecule has 3 rings (SSSR count). The summed E-state index contributed by atoms with van der Waals surface area (Å²) < 4.78 is 41.7. The molecule has 0 saturated heterocycles. The third kappa shape index (κ3) is 3.26. The zero-order valence-electron chi connectivity index (χ0n) is 13.4. The van der Waals surface area contributed by atoms with E-state index in [4.69, 9.17) is 11.6 Å². The minimum atomic E-state index is -4.38. The molecule has 0 radical (unpaired) electrons. The molecule has 0 bridgehead atoms. The van der Waals surface area contributed by atoms with Gasteiger partial charge in [-0.25, -0.2) is 9.97 Å². The SMILES string of the molecule is C[C@@H](Cc1nc2c(ncn2C)c(=O)n1-c1ccc(Cl)cc1)C(F)(F)F. The number of hydrogen-bond donors (Lipinski definition) is 0. The Hall–Kier alpha value is -2.35. The number of halogens is 4. The van der Waals surface area contributed by atoms with Crippen LogP contribution in [0.4, 0.5) is 13.2 Å². The molecule has 5 nitrogen and oxygen atoms in total. The molecule has 9 heteroatoms. The standard InChI is InChI=1S/C16H14ClF3N4O/c1-9(16(18,19)20)7-12-22-14-13(21-8-23(14)2)15(25)24(12)11-5-3-10(17)4-6-11/h3-6,8-9H,7H2,1-2H3/t9-/m0/s1. The van der Waals surface area contributed by atoms with Gasteiger partial charge in [0.25, 0.3) is 5.56 Å². The van der Waals surface area contributed by atoms with Crippen molar-refractivity contribution in [3.05, 3.63) is 51.8 Å². The van der Waals surface area contributed by atoms with Crippen molar-refractivity contribution in [3.63, 3.8) is 0 Å². The van der Waals surface area contributed by atoms with Crippen LogP contribution in [0.5, 0.6) is 0 Å². The fourth-order valence-corrected chi connectivity index (χ4v) is 2.61. The van der Waals surface area contributed by atoms with Crippen molar-refractivity contribution in [2.45, 2.75) is 19.5 Å². The minimum Gasteiger partial charge on any atom is -0.318 e. The highest BCUT2D eigenvalue weighted by Gasteiger charge is 2.37. The number of imidazole rings is 1. The maximum absolute atomic E-state index is 13.0. The summed E-state index contributed by atoms with van der Waals surface area (Å²) in [5.41, 5.74) is 0.219. The average molecular weight is 371 g/mol. The topological polar surface area (TPSA) is 52.7 Å². The maximum Gasteiger partial charge on any atom is 0.391 e. The molecule has 0 N–H and O–H groups in total. The second-order valence-electron chi connectivity index (χ2n) is 5.82. The Morgan fingerprint density at radius 3 is 2.48 bits per heavy atom. The van der Waals surface area contributed by atoms with E-state index >= 15 is 0 Å². The van der Waals surface area contributed by atoms with E-state index in [0.717, 1.165) is 11.5 Å². The Bertz CT molecular complexity index is 976. The lowest BCUT2D eigenvalue weighted by atomic mass is 10.1. The lowest BCUT2D eigenvalue weighted by Crippen LogP contribution is -2.29. The molecule has 25 heavy (non-hydrogen) atoms. The van der Waals surface area contributed by atoms with Crippen LogP contribution in [0.25, 0.3) is 16.9 Å². The van der Waals surface area contributed by atoms with Crippen LogP contribution >= 0.6 is 11.6 Å². The molecule has 0 aliphatic rings. The molecule has 0 saturated carbocycles. The monoisotopic (exact) mass is 370 g/mol. The molecule has 2 heterocycles. The second-order valence-corrected chi connectivity index (χ2v) is 6.26. The smallest absolute Gasteiger partial charge is 0.318 e. The summed E-state index contributed by atoms with van der Waals surface area (Å²) in [5, 5.41) is 0.453. The fourth-order valence-electron chi connectivity index (χ4n) is 2.48. The number of nitrogens with zero attached hydrogens (tertiary/aromatic N) is 4. The summed E-state index contributed by atoms with van der Waals surface area (Å²) in [5.74, 6) is -1.63. The maximum atomic E-state index is 13.0. The molecule has 0 aliphatic heterocycles. The van der Waals surface area contributed by atoms with E-state index in [1.165, 1.54) is 10.9 Å². The average Bonchev–Trinajstić information content (AvgIpc) is 2.90. The minimum absolute atomic E-state index is 0.0215. The zero-order chi connectivity index (χ0) is 18.4. The summed E-state index contributed by atoms with van der Waals surface area (Å²) in [7, 11) is 1.63. The van der Waals surface area contributed by atoms with Crippen molar-refractivity contribution >= 4 is 22.8 Å². The van der Waals surface area contributed by atoms with Gasteiger partial charge in [0.15, 0.2) is 11.2 Å². The number of hydrogen-bond acceptors (Lipinski definition) is 3. The van der Waals surface area contributed by atoms with Crippen LogP contribution in [-0.4, -0.2) is 25.3 Å². The largest absolute Gasteiger partial charge is 0.391 e. The first kappa shape index (κ1) is 17.5. The molecule has 1 aromatic carbocycles. The molecule has 0 spiro atoms. The number of aryl methyl sites for hydroxylation is 1. The Balaban J connectivity index is 2.25. The van der Waals surface area contributed by atoms with Gasteiger partial charge in [-0.15, -0.1) is 0 Å². The van der Waals surface area contributed by atoms with Crippen LogP contribution in [0.3, 0.4) is 0 Å². The van der Waals surface area contributed by atoms with Crippen LogP contribution < -0.4 is 5.56 Å². The number of alkyl halides is 3. The van der Waals surface area contributed by atoms with Crippen molar-refractivity contribution in [1.82, 2.24) is 19.1 Å². The van der Waals surface area contributed by atoms with E-state index in [2.05, 4.69) is 9.97 Å². The van der Waals surface area contributed by atoms with Gasteiger partial charge in [0, 0.05) is 18.5 Å². The molecule has 0 amide bonds. The van der Waals surface area contributed by atoms with Gasteiger partial charge in [-0.1, -0.05) is 18.5 Å². The first-order valence-corrected chi connectivity index (χ1v) is 7.82. The molecule has 1 atom stereocenters. The highest BCUT2D eigenvalue weighted by molar-refractivity contribution is 6.30. The molecule has 3 aromatic rings. The van der Waals surface area contributed by atoms with E-state index in [1.54, 1.807) is 31.3 Å². The lowest BCUT2D eigenvalue weighted by molar-refractivity contribution is -0.169. The summed E-state index contributed by atoms with van der Waals surface area (Å²) >= 11 is 5.85. The van der Waals surface area contributed by atoms with E-state index in [-0.39, 0.29) is 17.0 Å². The van der Waals surface area contributed by atoms with E-state index in [1.807, 2.05) is 0 Å². The van der Waals surface area contributed by atoms with Crippen molar-refractivity contribution in [2.75, 3.05) is 0 Å². The van der Waals surface area contributed by atoms with Crippen LogP contribution in [0, 0.1) is 5.92 Å². The molecular weight excluding hydrogens is 357 g/mol. The summed E-state index contributed by atoms with van der Waals surface area (Å²) in [6.45, 7) is 1.06. The van der Waals surface area contributed by atoms with Gasteiger partial charge in [0.05, 0.1) is 17.9 Å². The number of aromatic nitrogens is 4. The fraction of sp³-hybridized carbons (Fsp3) is 0.312. The predicted molar refractivity (Wildman–Crippen MR) is 88.0 cm³/mol. The summed E-state index contributed by atoms with van der Waals surface area (Å²) in [6, 6.07) is 6.23. The van der Waals surface area contributed by atoms with Crippen molar-refractivity contribution < 1.29 is 13.2 Å². The number of rotatable bonds is 3. The highest BCUT2D eigenvalue weighted by Crippen LogP contribution is 2.29. The molecule has 0 unspecified atom stereocenters. The van der Waals surface area contributed by atoms with Crippen LogP contribution in [0.1, 0.15) is 12.7 Å². The first-order valence-electron chi connectivity index (χ1n) is 7.44. The van der Waals surface area contributed by atoms with Crippen molar-refractivity contribution in [2.24, 2.45) is 13.0 Å². The van der Waals surface area contributed by atoms with E-state index in [9.17, 15) is 18.0 Å². The van der Waals surface area contributed by atoms with Gasteiger partial charge < -0.3 is 4.57 Å². The van der Waals surface area contributed by atoms with Crippen molar-refractivity contribution in [1.29, 1.82) is 0 Å². The lowest BCUT2D eigenvalue weighted by Gasteiger charge is -2.18. The summed E-state index contributed by atoms with van der Waals surface area (Å²) in [4.78, 5) is 21.1. The number of fused-ring (bicyclic) bond motifs is 1. The summed E-state index contributed by atoms with van der Waals surface area (Å²) in [6.07, 6.45) is -3.41. The van der Waals surface area contributed by atoms with Gasteiger partial charge in [-0.05, 0) is 24.3 Å². The third-order valence-electron chi connectivity index (χ3n) is 3.94. The molecular formula is C16H14ClF3N4O. The van der Waals surface area contributed by atoms with Crippen LogP contribution in [0.2, 0.25) is 5.02 Å². The van der Waals surface area contributed by atoms with Gasteiger partial charge in [0.2, 0.25) is 0 Å². The Labute approximate surface area is 145 Å². The van der Waals surface area contributed by atoms with E-state index in [0.29, 0.717) is 10.7 Å². The van der Waals surface area contributed by atoms with Gasteiger partial charge >= 0.3 is 6.18 Å². The van der Waals surface area contributed by atoms with Crippen LogP contribution in [0.15, 0.2) is 35.4 Å². The van der Waals surface area contributed by atoms with Gasteiger partial charge in [0.1, 0.15) is 5.82 Å². The van der Waals surface area contributed by atoms with E-state index < -0.39 is 24.1 Å². The van der Waals surface area contributed by atoms with Crippen LogP contribution in [-0.2, 0) is 13.5 Å². The zero-order valence-corrected chi connectivity index (χ0v) is 14.1. The van der Waals surface area contributed by atoms with Crippen molar-refractivity contribution in [3.8, 4) is 5.69 Å². The Morgan fingerprint density at radius 1 is 1.24 bits per heavy atom. The van der Waals surface area contributed by atoms with Gasteiger partial charge in [-0.3, -0.25) is 9.36 Å². The predicted octanol–water partition coefficient (Wildman–Crippen LogP) is 3.51. The Kier molecular flexibility index (Phi) is 4.32. The highest BCUT2D eigenvalue weighted by atomic mass is 35.5. The molecule has 0 aliphatic carbocycles. The quantitative estimate of drug-likeness (QED) is 0.709. The van der Waals surface area contributed by atoms with Gasteiger partial charge in [-0.2, -0.15) is 13.2 Å². The second kappa shape index (κ2) is 6.18.